The normalized spacial score (nSPS) is 10.6. The lowest BCUT2D eigenvalue weighted by atomic mass is 10.0. The highest BCUT2D eigenvalue weighted by molar-refractivity contribution is 5.96. The molecule has 2 heterocycles. The summed E-state index contributed by atoms with van der Waals surface area (Å²) in [7, 11) is 4.53. The average Bonchev–Trinajstić information content (AvgIpc) is 3.38. The van der Waals surface area contributed by atoms with Crippen LogP contribution in [0.3, 0.4) is 0 Å². The van der Waals surface area contributed by atoms with Gasteiger partial charge in [0.2, 0.25) is 5.82 Å². The second-order valence-electron chi connectivity index (χ2n) is 8.27. The second kappa shape index (κ2) is 14.2. The quantitative estimate of drug-likeness (QED) is 0.272. The minimum absolute atomic E-state index is 0.0471. The zero-order chi connectivity index (χ0) is 28.4. The van der Waals surface area contributed by atoms with Crippen molar-refractivity contribution in [2.75, 3.05) is 46.4 Å². The standard InChI is InChI=1S/C26H27F2N5O3.C2H6O/c1-4-16-14-17(6-7-18(16)26(34)30-11-13-36-5-2)32-24-25-31-15-20(33(25)12-10-29-24)19-8-9-21(35-3)23(28)22(19)27;1-3-2/h6-10,12,14-15H,4-5,11,13H2,1-3H3,(H,29,32)(H,30,34);1-2H3. The lowest BCUT2D eigenvalue weighted by Gasteiger charge is -2.13. The van der Waals surface area contributed by atoms with Crippen LogP contribution in [-0.4, -0.2) is 61.4 Å². The van der Waals surface area contributed by atoms with E-state index in [0.29, 0.717) is 54.6 Å². The lowest BCUT2D eigenvalue weighted by molar-refractivity contribution is 0.0921. The van der Waals surface area contributed by atoms with E-state index in [1.165, 1.54) is 25.4 Å². The molecule has 0 saturated carbocycles. The maximum absolute atomic E-state index is 14.7. The number of anilines is 2. The number of aromatic nitrogens is 3. The molecule has 39 heavy (non-hydrogen) atoms. The summed E-state index contributed by atoms with van der Waals surface area (Å²) in [4.78, 5) is 21.3. The molecule has 4 aromatic rings. The van der Waals surface area contributed by atoms with Gasteiger partial charge in [-0.15, -0.1) is 0 Å². The van der Waals surface area contributed by atoms with Gasteiger partial charge < -0.3 is 24.8 Å². The molecule has 0 spiro atoms. The Labute approximate surface area is 226 Å². The number of rotatable bonds is 10. The maximum atomic E-state index is 14.7. The SMILES string of the molecule is CCOCCNC(=O)c1ccc(Nc2nccn3c(-c4ccc(OC)c(F)c4F)cnc23)cc1CC.COC. The molecule has 4 rings (SSSR count). The third-order valence-electron chi connectivity index (χ3n) is 5.70. The van der Waals surface area contributed by atoms with Gasteiger partial charge >= 0.3 is 0 Å². The number of halogens is 2. The van der Waals surface area contributed by atoms with E-state index < -0.39 is 11.6 Å². The number of nitrogens with one attached hydrogen (secondary N) is 2. The van der Waals surface area contributed by atoms with Crippen molar-refractivity contribution in [3.05, 3.63) is 71.7 Å². The Hall–Kier alpha value is -4.09. The zero-order valence-electron chi connectivity index (χ0n) is 22.7. The topological polar surface area (TPSA) is 99.0 Å². The molecule has 9 nitrogen and oxygen atoms in total. The second-order valence-corrected chi connectivity index (χ2v) is 8.27. The van der Waals surface area contributed by atoms with Crippen LogP contribution in [0.15, 0.2) is 48.9 Å². The first-order chi connectivity index (χ1) is 18.9. The number of methoxy groups -OCH3 is 2. The number of nitrogens with zero attached hydrogens (tertiary/aromatic N) is 3. The minimum atomic E-state index is -1.06. The monoisotopic (exact) mass is 541 g/mol. The molecule has 2 aromatic carbocycles. The molecule has 11 heteroatoms. The van der Waals surface area contributed by atoms with Crippen molar-refractivity contribution in [2.24, 2.45) is 0 Å². The van der Waals surface area contributed by atoms with Gasteiger partial charge in [-0.3, -0.25) is 9.20 Å². The van der Waals surface area contributed by atoms with Crippen LogP contribution in [0.25, 0.3) is 16.9 Å². The zero-order valence-corrected chi connectivity index (χ0v) is 22.7. The van der Waals surface area contributed by atoms with Gasteiger partial charge in [-0.05, 0) is 49.2 Å². The molecule has 0 aliphatic carbocycles. The van der Waals surface area contributed by atoms with E-state index >= 15 is 0 Å². The van der Waals surface area contributed by atoms with E-state index in [4.69, 9.17) is 9.47 Å². The van der Waals surface area contributed by atoms with Gasteiger partial charge in [0.15, 0.2) is 23.0 Å². The molecule has 0 radical (unpaired) electrons. The Morgan fingerprint density at radius 1 is 1.05 bits per heavy atom. The van der Waals surface area contributed by atoms with Crippen LogP contribution < -0.4 is 15.4 Å². The highest BCUT2D eigenvalue weighted by Gasteiger charge is 2.19. The molecule has 2 N–H and O–H groups in total. The predicted molar refractivity (Wildman–Crippen MR) is 146 cm³/mol. The Balaban J connectivity index is 0.00000134. The molecule has 0 bridgehead atoms. The van der Waals surface area contributed by atoms with E-state index in [-0.39, 0.29) is 17.2 Å². The molecule has 1 amide bonds. The first-order valence-electron chi connectivity index (χ1n) is 12.4. The Morgan fingerprint density at radius 3 is 2.51 bits per heavy atom. The predicted octanol–water partition coefficient (Wildman–Crippen LogP) is 5.02. The summed E-state index contributed by atoms with van der Waals surface area (Å²) in [6.45, 7) is 5.36. The number of carbonyl (C=O) groups excluding carboxylic acids is 1. The fourth-order valence-corrected chi connectivity index (χ4v) is 3.89. The van der Waals surface area contributed by atoms with Crippen molar-refractivity contribution in [3.63, 3.8) is 0 Å². The van der Waals surface area contributed by atoms with Crippen molar-refractivity contribution in [1.82, 2.24) is 19.7 Å². The van der Waals surface area contributed by atoms with Crippen molar-refractivity contribution < 1.29 is 27.8 Å². The summed E-state index contributed by atoms with van der Waals surface area (Å²) >= 11 is 0. The summed E-state index contributed by atoms with van der Waals surface area (Å²) in [5, 5.41) is 6.08. The highest BCUT2D eigenvalue weighted by Crippen LogP contribution is 2.31. The Kier molecular flexibility index (Phi) is 10.7. The van der Waals surface area contributed by atoms with E-state index in [9.17, 15) is 13.6 Å². The van der Waals surface area contributed by atoms with Gasteiger partial charge in [0, 0.05) is 56.6 Å². The summed E-state index contributed by atoms with van der Waals surface area (Å²) in [6, 6.07) is 8.23. The van der Waals surface area contributed by atoms with Crippen molar-refractivity contribution in [1.29, 1.82) is 0 Å². The third-order valence-corrected chi connectivity index (χ3v) is 5.70. The lowest BCUT2D eigenvalue weighted by Crippen LogP contribution is -2.28. The number of carbonyl (C=O) groups is 1. The van der Waals surface area contributed by atoms with Crippen LogP contribution in [0.2, 0.25) is 0 Å². The minimum Gasteiger partial charge on any atom is -0.494 e. The van der Waals surface area contributed by atoms with Crippen molar-refractivity contribution >= 4 is 23.1 Å². The van der Waals surface area contributed by atoms with E-state index in [2.05, 4.69) is 25.3 Å². The van der Waals surface area contributed by atoms with Crippen LogP contribution >= 0.6 is 0 Å². The number of hydrogen-bond donors (Lipinski definition) is 2. The van der Waals surface area contributed by atoms with Crippen LogP contribution in [0.4, 0.5) is 20.3 Å². The first kappa shape index (κ1) is 29.5. The molecule has 2 aromatic heterocycles. The molecular formula is C28H33F2N5O4. The van der Waals surface area contributed by atoms with Gasteiger partial charge in [0.1, 0.15) is 0 Å². The van der Waals surface area contributed by atoms with E-state index in [1.807, 2.05) is 19.9 Å². The van der Waals surface area contributed by atoms with Gasteiger partial charge in [0.05, 0.1) is 25.6 Å². The third kappa shape index (κ3) is 6.87. The highest BCUT2D eigenvalue weighted by atomic mass is 19.2. The number of aryl methyl sites for hydroxylation is 1. The molecule has 0 aliphatic heterocycles. The van der Waals surface area contributed by atoms with Crippen LogP contribution in [-0.2, 0) is 15.9 Å². The fourth-order valence-electron chi connectivity index (χ4n) is 3.89. The average molecular weight is 542 g/mol. The van der Waals surface area contributed by atoms with E-state index in [1.54, 1.807) is 43.1 Å². The van der Waals surface area contributed by atoms with Crippen LogP contribution in [0.1, 0.15) is 29.8 Å². The summed E-state index contributed by atoms with van der Waals surface area (Å²) < 4.78 is 45.0. The first-order valence-corrected chi connectivity index (χ1v) is 12.4. The van der Waals surface area contributed by atoms with Crippen molar-refractivity contribution in [3.8, 4) is 17.0 Å². The van der Waals surface area contributed by atoms with E-state index in [0.717, 1.165) is 5.56 Å². The molecule has 0 atom stereocenters. The number of amides is 1. The van der Waals surface area contributed by atoms with Gasteiger partial charge in [0.25, 0.3) is 5.91 Å². The number of imidazole rings is 1. The van der Waals surface area contributed by atoms with Crippen LogP contribution in [0.5, 0.6) is 5.75 Å². The molecular weight excluding hydrogens is 508 g/mol. The molecule has 0 saturated heterocycles. The largest absolute Gasteiger partial charge is 0.494 e. The summed E-state index contributed by atoms with van der Waals surface area (Å²) in [6.07, 6.45) is 5.27. The number of benzene rings is 2. The Morgan fingerprint density at radius 2 is 1.82 bits per heavy atom. The van der Waals surface area contributed by atoms with Gasteiger partial charge in [-0.2, -0.15) is 4.39 Å². The van der Waals surface area contributed by atoms with Gasteiger partial charge in [-0.25, -0.2) is 14.4 Å². The molecule has 0 aliphatic rings. The number of fused-ring (bicyclic) bond motifs is 1. The van der Waals surface area contributed by atoms with Crippen LogP contribution in [0, 0.1) is 11.6 Å². The Bertz CT molecular complexity index is 1410. The number of ether oxygens (including phenoxy) is 3. The summed E-state index contributed by atoms with van der Waals surface area (Å²) in [5.41, 5.74) is 3.00. The molecule has 0 fully saturated rings. The smallest absolute Gasteiger partial charge is 0.251 e. The maximum Gasteiger partial charge on any atom is 0.251 e. The molecule has 208 valence electrons. The fraction of sp³-hybridized carbons (Fsp3) is 0.321. The van der Waals surface area contributed by atoms with Gasteiger partial charge in [-0.1, -0.05) is 6.92 Å². The molecule has 0 unspecified atom stereocenters. The van der Waals surface area contributed by atoms with Crippen molar-refractivity contribution in [2.45, 2.75) is 20.3 Å². The summed E-state index contributed by atoms with van der Waals surface area (Å²) in [5.74, 6) is -2.00. The number of hydrogen-bond acceptors (Lipinski definition) is 7.